The second kappa shape index (κ2) is 6.09. The lowest BCUT2D eigenvalue weighted by molar-refractivity contribution is 0.0697. The van der Waals surface area contributed by atoms with E-state index in [0.29, 0.717) is 26.2 Å². The summed E-state index contributed by atoms with van der Waals surface area (Å²) in [4.78, 5) is 10.9. The lowest BCUT2D eigenvalue weighted by Crippen LogP contribution is -2.33. The Morgan fingerprint density at radius 2 is 2.05 bits per heavy atom. The van der Waals surface area contributed by atoms with Gasteiger partial charge in [0.15, 0.2) is 0 Å². The van der Waals surface area contributed by atoms with E-state index in [2.05, 4.69) is 0 Å². The highest BCUT2D eigenvalue weighted by atomic mass is 35.5. The van der Waals surface area contributed by atoms with Crippen molar-refractivity contribution >= 4 is 27.6 Å². The van der Waals surface area contributed by atoms with Gasteiger partial charge < -0.3 is 9.84 Å². The van der Waals surface area contributed by atoms with Crippen LogP contribution in [0.2, 0.25) is 5.02 Å². The number of carboxylic acids is 1. The second-order valence-electron chi connectivity index (χ2n) is 4.32. The minimum Gasteiger partial charge on any atom is -0.478 e. The van der Waals surface area contributed by atoms with Crippen molar-refractivity contribution in [3.63, 3.8) is 0 Å². The van der Waals surface area contributed by atoms with E-state index in [-0.39, 0.29) is 22.0 Å². The summed E-state index contributed by atoms with van der Waals surface area (Å²) in [5.41, 5.74) is -0.121. The molecule has 1 N–H and O–H groups in total. The summed E-state index contributed by atoms with van der Waals surface area (Å²) in [7, 11) is -3.67. The van der Waals surface area contributed by atoms with E-state index in [1.54, 1.807) is 0 Å². The smallest absolute Gasteiger partial charge is 0.337 e. The number of sulfonamides is 1. The standard InChI is InChI=1S/C12H14ClNO5S/c13-11-8-9(2-3-10(11)12(15)16)20(17,18)14-4-1-6-19-7-5-14/h2-3,8H,1,4-7H2,(H,15,16). The van der Waals surface area contributed by atoms with Gasteiger partial charge in [0.1, 0.15) is 0 Å². The quantitative estimate of drug-likeness (QED) is 0.911. The summed E-state index contributed by atoms with van der Waals surface area (Å²) in [6.45, 7) is 1.53. The van der Waals surface area contributed by atoms with Crippen LogP contribution in [0.3, 0.4) is 0 Å². The Kier molecular flexibility index (Phi) is 4.64. The van der Waals surface area contributed by atoms with Gasteiger partial charge in [-0.1, -0.05) is 11.6 Å². The maximum atomic E-state index is 12.4. The fourth-order valence-electron chi connectivity index (χ4n) is 1.94. The molecule has 1 aliphatic heterocycles. The average molecular weight is 320 g/mol. The highest BCUT2D eigenvalue weighted by molar-refractivity contribution is 7.89. The van der Waals surface area contributed by atoms with Crippen molar-refractivity contribution in [2.45, 2.75) is 11.3 Å². The predicted molar refractivity (Wildman–Crippen MR) is 72.6 cm³/mol. The van der Waals surface area contributed by atoms with Crippen molar-refractivity contribution in [1.82, 2.24) is 4.31 Å². The summed E-state index contributed by atoms with van der Waals surface area (Å²) in [6.07, 6.45) is 0.625. The molecule has 0 bridgehead atoms. The number of hydrogen-bond acceptors (Lipinski definition) is 4. The van der Waals surface area contributed by atoms with E-state index < -0.39 is 16.0 Å². The summed E-state index contributed by atoms with van der Waals surface area (Å²) < 4.78 is 31.4. The molecule has 0 atom stereocenters. The summed E-state index contributed by atoms with van der Waals surface area (Å²) >= 11 is 5.81. The number of nitrogens with zero attached hydrogens (tertiary/aromatic N) is 1. The van der Waals surface area contributed by atoms with Crippen LogP contribution in [0, 0.1) is 0 Å². The fraction of sp³-hybridized carbons (Fsp3) is 0.417. The van der Waals surface area contributed by atoms with Crippen LogP contribution >= 0.6 is 11.6 Å². The van der Waals surface area contributed by atoms with E-state index in [0.717, 1.165) is 0 Å². The number of halogens is 1. The first-order valence-electron chi connectivity index (χ1n) is 6.03. The molecule has 1 fully saturated rings. The Labute approximate surface area is 122 Å². The third kappa shape index (κ3) is 3.12. The van der Waals surface area contributed by atoms with Crippen molar-refractivity contribution < 1.29 is 23.1 Å². The molecule has 1 aromatic rings. The molecule has 8 heteroatoms. The molecule has 0 radical (unpaired) electrons. The maximum absolute atomic E-state index is 12.4. The first-order chi connectivity index (χ1) is 9.43. The molecule has 0 spiro atoms. The Morgan fingerprint density at radius 1 is 1.30 bits per heavy atom. The summed E-state index contributed by atoms with van der Waals surface area (Å²) in [6, 6.07) is 3.63. The van der Waals surface area contributed by atoms with Crippen molar-refractivity contribution in [1.29, 1.82) is 0 Å². The molecule has 0 amide bonds. The van der Waals surface area contributed by atoms with E-state index in [1.165, 1.54) is 22.5 Å². The Balaban J connectivity index is 2.34. The van der Waals surface area contributed by atoms with Crippen molar-refractivity contribution in [2.75, 3.05) is 26.3 Å². The van der Waals surface area contributed by atoms with Gasteiger partial charge >= 0.3 is 5.97 Å². The van der Waals surface area contributed by atoms with Crippen LogP contribution in [0.25, 0.3) is 0 Å². The molecule has 20 heavy (non-hydrogen) atoms. The largest absolute Gasteiger partial charge is 0.478 e. The predicted octanol–water partition coefficient (Wildman–Crippen LogP) is 1.45. The van der Waals surface area contributed by atoms with Crippen LogP contribution in [0.4, 0.5) is 0 Å². The molecule has 1 saturated heterocycles. The van der Waals surface area contributed by atoms with Crippen LogP contribution in [0.1, 0.15) is 16.8 Å². The number of hydrogen-bond donors (Lipinski definition) is 1. The van der Waals surface area contributed by atoms with Gasteiger partial charge in [0.25, 0.3) is 0 Å². The molecule has 0 aliphatic carbocycles. The molecule has 1 heterocycles. The fourth-order valence-corrected chi connectivity index (χ4v) is 3.76. The molecule has 0 unspecified atom stereocenters. The Morgan fingerprint density at radius 3 is 2.70 bits per heavy atom. The highest BCUT2D eigenvalue weighted by Crippen LogP contribution is 2.24. The number of rotatable bonds is 3. The van der Waals surface area contributed by atoms with Crippen molar-refractivity contribution in [3.8, 4) is 0 Å². The number of carbonyl (C=O) groups is 1. The van der Waals surface area contributed by atoms with Crippen LogP contribution < -0.4 is 0 Å². The number of benzene rings is 1. The number of carboxylic acid groups (broad SMARTS) is 1. The van der Waals surface area contributed by atoms with Crippen molar-refractivity contribution in [2.24, 2.45) is 0 Å². The van der Waals surface area contributed by atoms with Gasteiger partial charge in [-0.25, -0.2) is 13.2 Å². The third-order valence-corrected chi connectivity index (χ3v) is 5.20. The molecule has 2 rings (SSSR count). The minimum atomic E-state index is -3.67. The van der Waals surface area contributed by atoms with Crippen LogP contribution in [0.5, 0.6) is 0 Å². The van der Waals surface area contributed by atoms with Crippen LogP contribution in [-0.4, -0.2) is 50.1 Å². The van der Waals surface area contributed by atoms with E-state index in [4.69, 9.17) is 21.4 Å². The Bertz CT molecular complexity index is 608. The first-order valence-corrected chi connectivity index (χ1v) is 7.85. The lowest BCUT2D eigenvalue weighted by Gasteiger charge is -2.19. The van der Waals surface area contributed by atoms with Gasteiger partial charge in [-0.2, -0.15) is 4.31 Å². The highest BCUT2D eigenvalue weighted by Gasteiger charge is 2.26. The zero-order valence-corrected chi connectivity index (χ0v) is 12.2. The second-order valence-corrected chi connectivity index (χ2v) is 6.66. The average Bonchev–Trinajstić information content (AvgIpc) is 2.67. The van der Waals surface area contributed by atoms with Gasteiger partial charge in [-0.05, 0) is 24.6 Å². The minimum absolute atomic E-state index is 0.00519. The molecule has 1 aromatic carbocycles. The van der Waals surface area contributed by atoms with Gasteiger partial charge in [0.05, 0.1) is 22.1 Å². The van der Waals surface area contributed by atoms with Gasteiger partial charge in [0, 0.05) is 19.7 Å². The summed E-state index contributed by atoms with van der Waals surface area (Å²) in [5.74, 6) is -1.19. The molecular formula is C12H14ClNO5S. The Hall–Kier alpha value is -1.15. The topological polar surface area (TPSA) is 83.9 Å². The first kappa shape index (κ1) is 15.2. The van der Waals surface area contributed by atoms with Crippen LogP contribution in [-0.2, 0) is 14.8 Å². The van der Waals surface area contributed by atoms with Gasteiger partial charge in [-0.3, -0.25) is 0 Å². The number of ether oxygens (including phenoxy) is 1. The monoisotopic (exact) mass is 319 g/mol. The molecule has 0 saturated carbocycles. The maximum Gasteiger partial charge on any atom is 0.337 e. The van der Waals surface area contributed by atoms with E-state index >= 15 is 0 Å². The lowest BCUT2D eigenvalue weighted by atomic mass is 10.2. The number of aromatic carboxylic acids is 1. The molecule has 0 aromatic heterocycles. The molecule has 1 aliphatic rings. The normalized spacial score (nSPS) is 17.6. The summed E-state index contributed by atoms with van der Waals surface area (Å²) in [5, 5.41) is 8.79. The van der Waals surface area contributed by atoms with E-state index in [9.17, 15) is 13.2 Å². The molecular weight excluding hydrogens is 306 g/mol. The van der Waals surface area contributed by atoms with Gasteiger partial charge in [0.2, 0.25) is 10.0 Å². The van der Waals surface area contributed by atoms with Crippen LogP contribution in [0.15, 0.2) is 23.1 Å². The zero-order valence-electron chi connectivity index (χ0n) is 10.6. The molecule has 110 valence electrons. The third-order valence-electron chi connectivity index (χ3n) is 2.99. The zero-order chi connectivity index (χ0) is 14.8. The molecule has 6 nitrogen and oxygen atoms in total. The van der Waals surface area contributed by atoms with Crippen molar-refractivity contribution in [3.05, 3.63) is 28.8 Å². The van der Waals surface area contributed by atoms with E-state index in [1.807, 2.05) is 0 Å². The van der Waals surface area contributed by atoms with Gasteiger partial charge in [-0.15, -0.1) is 0 Å². The SMILES string of the molecule is O=C(O)c1ccc(S(=O)(=O)N2CCCOCC2)cc1Cl.